The highest BCUT2D eigenvalue weighted by Crippen LogP contribution is 2.15. The summed E-state index contributed by atoms with van der Waals surface area (Å²) in [4.78, 5) is 26.6. The predicted molar refractivity (Wildman–Crippen MR) is 106 cm³/mol. The highest BCUT2D eigenvalue weighted by Gasteiger charge is 2.28. The van der Waals surface area contributed by atoms with Crippen LogP contribution in [-0.2, 0) is 16.1 Å². The third kappa shape index (κ3) is 6.86. The van der Waals surface area contributed by atoms with Crippen LogP contribution in [0, 0.1) is 6.92 Å². The van der Waals surface area contributed by atoms with Gasteiger partial charge in [0.25, 0.3) is 0 Å². The Bertz CT molecular complexity index is 646. The molecule has 1 aliphatic heterocycles. The fraction of sp³-hybridized carbons (Fsp3) is 0.619. The van der Waals surface area contributed by atoms with Gasteiger partial charge in [-0.3, -0.25) is 9.69 Å². The molecular weight excluding hydrogens is 342 g/mol. The predicted octanol–water partition coefficient (Wildman–Crippen LogP) is 2.99. The molecule has 2 rings (SSSR count). The molecule has 0 spiro atoms. The van der Waals surface area contributed by atoms with Crippen LogP contribution in [0.1, 0.15) is 51.7 Å². The van der Waals surface area contributed by atoms with E-state index in [1.54, 1.807) is 0 Å². The molecule has 6 nitrogen and oxygen atoms in total. The first-order valence-electron chi connectivity index (χ1n) is 9.71. The molecule has 1 heterocycles. The van der Waals surface area contributed by atoms with E-state index in [9.17, 15) is 9.59 Å². The summed E-state index contributed by atoms with van der Waals surface area (Å²) in [7, 11) is 0. The van der Waals surface area contributed by atoms with Crippen LogP contribution in [0.15, 0.2) is 24.3 Å². The number of nitrogens with one attached hydrogen (secondary N) is 2. The maximum atomic E-state index is 12.5. The lowest BCUT2D eigenvalue weighted by atomic mass is 10.0. The molecule has 2 N–H and O–H groups in total. The van der Waals surface area contributed by atoms with E-state index >= 15 is 0 Å². The largest absolute Gasteiger partial charge is 0.444 e. The van der Waals surface area contributed by atoms with E-state index in [0.29, 0.717) is 6.54 Å². The van der Waals surface area contributed by atoms with Gasteiger partial charge in [0.05, 0.1) is 6.04 Å². The fourth-order valence-corrected chi connectivity index (χ4v) is 3.21. The van der Waals surface area contributed by atoms with Gasteiger partial charge in [-0.05, 0) is 58.6 Å². The third-order valence-corrected chi connectivity index (χ3v) is 4.89. The van der Waals surface area contributed by atoms with Crippen molar-refractivity contribution in [3.8, 4) is 0 Å². The van der Waals surface area contributed by atoms with Gasteiger partial charge in [0.2, 0.25) is 5.91 Å². The molecule has 1 atom stereocenters. The summed E-state index contributed by atoms with van der Waals surface area (Å²) >= 11 is 0. The normalized spacial score (nSPS) is 17.2. The molecule has 1 fully saturated rings. The van der Waals surface area contributed by atoms with Gasteiger partial charge in [-0.2, -0.15) is 0 Å². The van der Waals surface area contributed by atoms with Crippen molar-refractivity contribution in [3.63, 3.8) is 0 Å². The second-order valence-corrected chi connectivity index (χ2v) is 8.28. The number of hydrogen-bond donors (Lipinski definition) is 2. The van der Waals surface area contributed by atoms with E-state index in [1.807, 2.05) is 58.9 Å². The monoisotopic (exact) mass is 375 g/mol. The molecule has 0 aromatic heterocycles. The number of alkyl carbamates (subject to hydrolysis) is 1. The number of piperidine rings is 1. The summed E-state index contributed by atoms with van der Waals surface area (Å²) in [5, 5.41) is 5.96. The lowest BCUT2D eigenvalue weighted by molar-refractivity contribution is -0.126. The van der Waals surface area contributed by atoms with E-state index in [-0.39, 0.29) is 24.1 Å². The zero-order valence-electron chi connectivity index (χ0n) is 17.2. The number of ether oxygens (including phenoxy) is 1. The zero-order valence-corrected chi connectivity index (χ0v) is 17.2. The van der Waals surface area contributed by atoms with E-state index in [1.165, 1.54) is 5.56 Å². The van der Waals surface area contributed by atoms with Crippen molar-refractivity contribution >= 4 is 12.0 Å². The SMILES string of the molecule is Cc1ccccc1CNC(=O)C(C)N1CCC(NC(=O)OC(C)(C)C)CC1. The average molecular weight is 376 g/mol. The van der Waals surface area contributed by atoms with Crippen molar-refractivity contribution in [2.24, 2.45) is 0 Å². The summed E-state index contributed by atoms with van der Waals surface area (Å²) in [5.74, 6) is 0.0387. The minimum Gasteiger partial charge on any atom is -0.444 e. The van der Waals surface area contributed by atoms with Gasteiger partial charge in [0, 0.05) is 25.7 Å². The molecule has 150 valence electrons. The van der Waals surface area contributed by atoms with Gasteiger partial charge in [0.15, 0.2) is 0 Å². The molecule has 0 radical (unpaired) electrons. The van der Waals surface area contributed by atoms with Crippen molar-refractivity contribution in [1.82, 2.24) is 15.5 Å². The highest BCUT2D eigenvalue weighted by molar-refractivity contribution is 5.81. The standard InChI is InChI=1S/C21H33N3O3/c1-15-8-6-7-9-17(15)14-22-19(25)16(2)24-12-10-18(11-13-24)23-20(26)27-21(3,4)5/h6-9,16,18H,10-14H2,1-5H3,(H,22,25)(H,23,26). The first kappa shape index (κ1) is 21.2. The van der Waals surface area contributed by atoms with Crippen LogP contribution in [0.2, 0.25) is 0 Å². The van der Waals surface area contributed by atoms with E-state index in [0.717, 1.165) is 31.5 Å². The molecule has 1 unspecified atom stereocenters. The zero-order chi connectivity index (χ0) is 20.0. The summed E-state index contributed by atoms with van der Waals surface area (Å²) in [6, 6.07) is 7.98. The van der Waals surface area contributed by atoms with Crippen molar-refractivity contribution in [2.45, 2.75) is 71.7 Å². The first-order chi connectivity index (χ1) is 12.7. The van der Waals surface area contributed by atoms with Crippen LogP contribution in [-0.4, -0.2) is 47.7 Å². The minimum atomic E-state index is -0.492. The van der Waals surface area contributed by atoms with Gasteiger partial charge in [-0.1, -0.05) is 24.3 Å². The quantitative estimate of drug-likeness (QED) is 0.830. The maximum Gasteiger partial charge on any atom is 0.407 e. The first-order valence-corrected chi connectivity index (χ1v) is 9.71. The Balaban J connectivity index is 1.75. The van der Waals surface area contributed by atoms with Crippen LogP contribution in [0.4, 0.5) is 4.79 Å². The molecule has 1 aliphatic rings. The summed E-state index contributed by atoms with van der Waals surface area (Å²) in [5.41, 5.74) is 1.83. The number of hydrogen-bond acceptors (Lipinski definition) is 4. The van der Waals surface area contributed by atoms with Crippen molar-refractivity contribution in [2.75, 3.05) is 13.1 Å². The molecule has 6 heteroatoms. The number of carbonyl (C=O) groups is 2. The minimum absolute atomic E-state index is 0.0387. The topological polar surface area (TPSA) is 70.7 Å². The van der Waals surface area contributed by atoms with Crippen molar-refractivity contribution < 1.29 is 14.3 Å². The average Bonchev–Trinajstić information content (AvgIpc) is 2.59. The van der Waals surface area contributed by atoms with E-state index in [4.69, 9.17) is 4.74 Å². The molecule has 27 heavy (non-hydrogen) atoms. The molecule has 1 aromatic rings. The number of aryl methyl sites for hydroxylation is 1. The molecule has 2 amide bonds. The van der Waals surface area contributed by atoms with Gasteiger partial charge in [-0.15, -0.1) is 0 Å². The van der Waals surface area contributed by atoms with E-state index < -0.39 is 5.60 Å². The van der Waals surface area contributed by atoms with Gasteiger partial charge in [0.1, 0.15) is 5.60 Å². The van der Waals surface area contributed by atoms with Gasteiger partial charge in [-0.25, -0.2) is 4.79 Å². The fourth-order valence-electron chi connectivity index (χ4n) is 3.21. The number of nitrogens with zero attached hydrogens (tertiary/aromatic N) is 1. The number of rotatable bonds is 5. The van der Waals surface area contributed by atoms with Crippen LogP contribution in [0.3, 0.4) is 0 Å². The second-order valence-electron chi connectivity index (χ2n) is 8.28. The van der Waals surface area contributed by atoms with Crippen molar-refractivity contribution in [3.05, 3.63) is 35.4 Å². The molecule has 0 bridgehead atoms. The second kappa shape index (κ2) is 9.22. The highest BCUT2D eigenvalue weighted by atomic mass is 16.6. The van der Waals surface area contributed by atoms with Crippen LogP contribution in [0.5, 0.6) is 0 Å². The Kier molecular flexibility index (Phi) is 7.25. The molecule has 1 aromatic carbocycles. The lowest BCUT2D eigenvalue weighted by Gasteiger charge is -2.35. The number of likely N-dealkylation sites (tertiary alicyclic amines) is 1. The summed E-state index contributed by atoms with van der Waals surface area (Å²) < 4.78 is 5.31. The molecule has 0 aliphatic carbocycles. The molecule has 0 saturated carbocycles. The molecular formula is C21H33N3O3. The summed E-state index contributed by atoms with van der Waals surface area (Å²) in [6.45, 7) is 11.7. The van der Waals surface area contributed by atoms with Crippen LogP contribution < -0.4 is 10.6 Å². The lowest BCUT2D eigenvalue weighted by Crippen LogP contribution is -2.52. The van der Waals surface area contributed by atoms with E-state index in [2.05, 4.69) is 15.5 Å². The third-order valence-electron chi connectivity index (χ3n) is 4.89. The van der Waals surface area contributed by atoms with Crippen molar-refractivity contribution in [1.29, 1.82) is 0 Å². The van der Waals surface area contributed by atoms with Gasteiger partial charge >= 0.3 is 6.09 Å². The Hall–Kier alpha value is -2.08. The Morgan fingerprint density at radius 2 is 1.85 bits per heavy atom. The van der Waals surface area contributed by atoms with Crippen LogP contribution >= 0.6 is 0 Å². The van der Waals surface area contributed by atoms with Gasteiger partial charge < -0.3 is 15.4 Å². The Labute approximate surface area is 162 Å². The Morgan fingerprint density at radius 3 is 2.44 bits per heavy atom. The molecule has 1 saturated heterocycles. The number of benzene rings is 1. The smallest absolute Gasteiger partial charge is 0.407 e. The Morgan fingerprint density at radius 1 is 1.22 bits per heavy atom. The van der Waals surface area contributed by atoms with Crippen LogP contribution in [0.25, 0.3) is 0 Å². The number of carbonyl (C=O) groups excluding carboxylic acids is 2. The maximum absolute atomic E-state index is 12.5. The number of amides is 2. The summed E-state index contributed by atoms with van der Waals surface area (Å²) in [6.07, 6.45) is 1.26.